The van der Waals surface area contributed by atoms with Crippen LogP contribution in [-0.2, 0) is 0 Å². The van der Waals surface area contributed by atoms with E-state index in [1.165, 1.54) is 19.4 Å². The van der Waals surface area contributed by atoms with Crippen LogP contribution in [0.1, 0.15) is 43.0 Å². The number of rotatable bonds is 3. The van der Waals surface area contributed by atoms with Crippen LogP contribution in [0, 0.1) is 0 Å². The summed E-state index contributed by atoms with van der Waals surface area (Å²) in [6, 6.07) is 6.41. The van der Waals surface area contributed by atoms with Crippen molar-refractivity contribution in [3.8, 4) is 11.5 Å². The number of hydrogen-bond donors (Lipinski definition) is 0. The number of ether oxygens (including phenoxy) is 2. The number of likely N-dealkylation sites (N-methyl/N-ethyl adjacent to an activating group) is 1. The minimum Gasteiger partial charge on any atom is -0.454 e. The van der Waals surface area contributed by atoms with Gasteiger partial charge in [0.25, 0.3) is 5.91 Å². The summed E-state index contributed by atoms with van der Waals surface area (Å²) in [4.78, 5) is 17.7. The maximum Gasteiger partial charge on any atom is 0.254 e. The molecule has 0 N–H and O–H groups in total. The molecule has 5 nitrogen and oxygen atoms in total. The van der Waals surface area contributed by atoms with E-state index in [0.29, 0.717) is 23.4 Å². The largest absolute Gasteiger partial charge is 0.454 e. The first-order valence-corrected chi connectivity index (χ1v) is 8.72. The molecule has 3 aliphatic rings. The molecule has 2 saturated heterocycles. The molecule has 1 aromatic carbocycles. The van der Waals surface area contributed by atoms with Crippen LogP contribution in [0.15, 0.2) is 18.2 Å². The lowest BCUT2D eigenvalue weighted by Gasteiger charge is -2.34. The standard InChI is InChI=1S/C18H24N2O3/c1-2-19-9-3-5-14(19)15-6-4-10-20(15)18(21)13-7-8-16-17(11-13)23-12-22-16/h7-8,11,14-15H,2-6,9-10,12H2,1H3. The highest BCUT2D eigenvalue weighted by Crippen LogP contribution is 2.35. The highest BCUT2D eigenvalue weighted by atomic mass is 16.7. The maximum absolute atomic E-state index is 13.0. The van der Waals surface area contributed by atoms with Gasteiger partial charge in [-0.25, -0.2) is 0 Å². The van der Waals surface area contributed by atoms with Crippen molar-refractivity contribution in [3.63, 3.8) is 0 Å². The van der Waals surface area contributed by atoms with Gasteiger partial charge in [0, 0.05) is 24.2 Å². The van der Waals surface area contributed by atoms with Crippen LogP contribution in [-0.4, -0.2) is 54.2 Å². The summed E-state index contributed by atoms with van der Waals surface area (Å²) in [5.74, 6) is 1.55. The molecule has 0 bridgehead atoms. The Morgan fingerprint density at radius 1 is 1.13 bits per heavy atom. The molecule has 4 rings (SSSR count). The molecular formula is C18H24N2O3. The Bertz CT molecular complexity index is 604. The van der Waals surface area contributed by atoms with Crippen LogP contribution in [0.2, 0.25) is 0 Å². The van der Waals surface area contributed by atoms with Gasteiger partial charge >= 0.3 is 0 Å². The third kappa shape index (κ3) is 2.57. The summed E-state index contributed by atoms with van der Waals surface area (Å²) in [6.07, 6.45) is 4.69. The Balaban J connectivity index is 1.55. The fraction of sp³-hybridized carbons (Fsp3) is 0.611. The smallest absolute Gasteiger partial charge is 0.254 e. The fourth-order valence-corrected chi connectivity index (χ4v) is 4.32. The highest BCUT2D eigenvalue weighted by Gasteiger charge is 2.39. The van der Waals surface area contributed by atoms with Gasteiger partial charge in [0.1, 0.15) is 0 Å². The van der Waals surface area contributed by atoms with Crippen LogP contribution in [0.4, 0.5) is 0 Å². The molecule has 23 heavy (non-hydrogen) atoms. The van der Waals surface area contributed by atoms with E-state index in [9.17, 15) is 4.79 Å². The Morgan fingerprint density at radius 3 is 2.78 bits per heavy atom. The highest BCUT2D eigenvalue weighted by molar-refractivity contribution is 5.95. The van der Waals surface area contributed by atoms with E-state index in [1.807, 2.05) is 18.2 Å². The summed E-state index contributed by atoms with van der Waals surface area (Å²) in [5, 5.41) is 0. The van der Waals surface area contributed by atoms with Crippen molar-refractivity contribution < 1.29 is 14.3 Å². The minimum atomic E-state index is 0.133. The predicted molar refractivity (Wildman–Crippen MR) is 86.9 cm³/mol. The van der Waals surface area contributed by atoms with Gasteiger partial charge in [-0.05, 0) is 57.0 Å². The van der Waals surface area contributed by atoms with E-state index in [4.69, 9.17) is 9.47 Å². The van der Waals surface area contributed by atoms with Crippen molar-refractivity contribution in [3.05, 3.63) is 23.8 Å². The number of hydrogen-bond acceptors (Lipinski definition) is 4. The second kappa shape index (κ2) is 6.04. The monoisotopic (exact) mass is 316 g/mol. The van der Waals surface area contributed by atoms with Crippen molar-refractivity contribution in [2.45, 2.75) is 44.7 Å². The van der Waals surface area contributed by atoms with Gasteiger partial charge in [0.15, 0.2) is 11.5 Å². The van der Waals surface area contributed by atoms with Crippen LogP contribution in [0.3, 0.4) is 0 Å². The number of nitrogens with zero attached hydrogens (tertiary/aromatic N) is 2. The number of amides is 1. The van der Waals surface area contributed by atoms with Crippen LogP contribution in [0.5, 0.6) is 11.5 Å². The van der Waals surface area contributed by atoms with Gasteiger partial charge in [-0.1, -0.05) is 6.92 Å². The molecule has 0 saturated carbocycles. The molecule has 1 aromatic rings. The Kier molecular flexibility index (Phi) is 3.89. The number of fused-ring (bicyclic) bond motifs is 1. The van der Waals surface area contributed by atoms with E-state index in [0.717, 1.165) is 31.7 Å². The minimum absolute atomic E-state index is 0.133. The summed E-state index contributed by atoms with van der Waals surface area (Å²) >= 11 is 0. The quantitative estimate of drug-likeness (QED) is 0.859. The second-order valence-corrected chi connectivity index (χ2v) is 6.61. The average Bonchev–Trinajstić information content (AvgIpc) is 3.30. The Hall–Kier alpha value is -1.75. The van der Waals surface area contributed by atoms with Gasteiger partial charge in [-0.2, -0.15) is 0 Å². The summed E-state index contributed by atoms with van der Waals surface area (Å²) in [5.41, 5.74) is 0.710. The molecule has 124 valence electrons. The van der Waals surface area contributed by atoms with Gasteiger partial charge < -0.3 is 14.4 Å². The first kappa shape index (κ1) is 14.8. The molecule has 2 unspecified atom stereocenters. The number of likely N-dealkylation sites (tertiary alicyclic amines) is 2. The van der Waals surface area contributed by atoms with Gasteiger partial charge in [0.05, 0.1) is 0 Å². The van der Waals surface area contributed by atoms with Crippen molar-refractivity contribution in [2.24, 2.45) is 0 Å². The lowest BCUT2D eigenvalue weighted by atomic mass is 10.0. The number of carbonyl (C=O) groups excluding carboxylic acids is 1. The van der Waals surface area contributed by atoms with Gasteiger partial charge in [0.2, 0.25) is 6.79 Å². The fourth-order valence-electron chi connectivity index (χ4n) is 4.32. The van der Waals surface area contributed by atoms with E-state index in [2.05, 4.69) is 16.7 Å². The molecule has 2 fully saturated rings. The summed E-state index contributed by atoms with van der Waals surface area (Å²) < 4.78 is 10.7. The average molecular weight is 316 g/mol. The molecular weight excluding hydrogens is 292 g/mol. The van der Waals surface area contributed by atoms with E-state index >= 15 is 0 Å². The van der Waals surface area contributed by atoms with Crippen molar-refractivity contribution >= 4 is 5.91 Å². The topological polar surface area (TPSA) is 42.0 Å². The van der Waals surface area contributed by atoms with Crippen LogP contribution >= 0.6 is 0 Å². The molecule has 0 aromatic heterocycles. The van der Waals surface area contributed by atoms with Crippen molar-refractivity contribution in [1.82, 2.24) is 9.80 Å². The van der Waals surface area contributed by atoms with Gasteiger partial charge in [-0.3, -0.25) is 9.69 Å². The Labute approximate surface area is 137 Å². The number of benzene rings is 1. The van der Waals surface area contributed by atoms with E-state index in [-0.39, 0.29) is 12.7 Å². The third-order valence-corrected chi connectivity index (χ3v) is 5.44. The molecule has 2 atom stereocenters. The third-order valence-electron chi connectivity index (χ3n) is 5.44. The molecule has 0 aliphatic carbocycles. The predicted octanol–water partition coefficient (Wildman–Crippen LogP) is 2.50. The van der Waals surface area contributed by atoms with Crippen LogP contribution in [0.25, 0.3) is 0 Å². The lowest BCUT2D eigenvalue weighted by molar-refractivity contribution is 0.0649. The van der Waals surface area contributed by atoms with Crippen molar-refractivity contribution in [1.29, 1.82) is 0 Å². The maximum atomic E-state index is 13.0. The van der Waals surface area contributed by atoms with E-state index in [1.54, 1.807) is 0 Å². The molecule has 5 heteroatoms. The normalized spacial score (nSPS) is 26.9. The zero-order valence-corrected chi connectivity index (χ0v) is 13.7. The lowest BCUT2D eigenvalue weighted by Crippen LogP contribution is -2.48. The summed E-state index contributed by atoms with van der Waals surface area (Å²) in [6.45, 7) is 5.58. The number of carbonyl (C=O) groups is 1. The molecule has 0 radical (unpaired) electrons. The molecule has 3 aliphatic heterocycles. The van der Waals surface area contributed by atoms with Crippen LogP contribution < -0.4 is 9.47 Å². The Morgan fingerprint density at radius 2 is 1.91 bits per heavy atom. The zero-order valence-electron chi connectivity index (χ0n) is 13.7. The van der Waals surface area contributed by atoms with Crippen molar-refractivity contribution in [2.75, 3.05) is 26.4 Å². The van der Waals surface area contributed by atoms with Gasteiger partial charge in [-0.15, -0.1) is 0 Å². The SMILES string of the molecule is CCN1CCCC1C1CCCN1C(=O)c1ccc2c(c1)OCO2. The summed E-state index contributed by atoms with van der Waals surface area (Å²) in [7, 11) is 0. The molecule has 0 spiro atoms. The second-order valence-electron chi connectivity index (χ2n) is 6.61. The zero-order chi connectivity index (χ0) is 15.8. The molecule has 3 heterocycles. The molecule has 1 amide bonds. The first-order chi connectivity index (χ1) is 11.3. The van der Waals surface area contributed by atoms with E-state index < -0.39 is 0 Å². The first-order valence-electron chi connectivity index (χ1n) is 8.72.